The molecule has 0 aliphatic carbocycles. The third-order valence-electron chi connectivity index (χ3n) is 5.60. The SMILES string of the molecule is CCOc1cc(C=C(C#N)C(=O)N2CCc3ccccc32)ccc1OCc1ccc([N+](=O)[O-])cc1. The Bertz CT molecular complexity index is 1330. The number of amides is 1. The number of ether oxygens (including phenoxy) is 2. The number of carbonyl (C=O) groups excluding carboxylic acids is 1. The van der Waals surface area contributed by atoms with E-state index in [4.69, 9.17) is 9.47 Å². The Kier molecular flexibility index (Phi) is 7.07. The number of hydrogen-bond donors (Lipinski definition) is 0. The molecule has 1 amide bonds. The Morgan fingerprint density at radius 1 is 1.11 bits per heavy atom. The number of nitrogens with zero attached hydrogens (tertiary/aromatic N) is 3. The lowest BCUT2D eigenvalue weighted by Crippen LogP contribution is -2.29. The maximum Gasteiger partial charge on any atom is 0.269 e. The van der Waals surface area contributed by atoms with E-state index >= 15 is 0 Å². The highest BCUT2D eigenvalue weighted by Crippen LogP contribution is 2.32. The Labute approximate surface area is 202 Å². The lowest BCUT2D eigenvalue weighted by atomic mass is 10.1. The van der Waals surface area contributed by atoms with Crippen LogP contribution in [0.4, 0.5) is 11.4 Å². The Hall–Kier alpha value is -4.64. The molecule has 0 saturated carbocycles. The molecule has 8 heteroatoms. The first kappa shape index (κ1) is 23.5. The number of non-ortho nitro benzene ring substituents is 1. The van der Waals surface area contributed by atoms with Crippen molar-refractivity contribution in [2.75, 3.05) is 18.1 Å². The predicted octanol–water partition coefficient (Wildman–Crippen LogP) is 5.07. The van der Waals surface area contributed by atoms with Gasteiger partial charge in [0.1, 0.15) is 18.2 Å². The lowest BCUT2D eigenvalue weighted by molar-refractivity contribution is -0.384. The minimum atomic E-state index is -0.452. The molecule has 176 valence electrons. The maximum atomic E-state index is 13.1. The zero-order valence-electron chi connectivity index (χ0n) is 19.1. The number of fused-ring (bicyclic) bond motifs is 1. The second kappa shape index (κ2) is 10.5. The van der Waals surface area contributed by atoms with E-state index in [-0.39, 0.29) is 23.8 Å². The van der Waals surface area contributed by atoms with E-state index in [0.717, 1.165) is 23.2 Å². The number of anilines is 1. The fourth-order valence-corrected chi connectivity index (χ4v) is 3.88. The van der Waals surface area contributed by atoms with Crippen LogP contribution in [0.1, 0.15) is 23.6 Å². The fourth-order valence-electron chi connectivity index (χ4n) is 3.88. The van der Waals surface area contributed by atoms with E-state index in [2.05, 4.69) is 0 Å². The van der Waals surface area contributed by atoms with Gasteiger partial charge in [0, 0.05) is 24.4 Å². The first-order valence-corrected chi connectivity index (χ1v) is 11.1. The summed E-state index contributed by atoms with van der Waals surface area (Å²) in [6.45, 7) is 2.98. The summed E-state index contributed by atoms with van der Waals surface area (Å²) >= 11 is 0. The topological polar surface area (TPSA) is 106 Å². The minimum Gasteiger partial charge on any atom is -0.490 e. The standard InChI is InChI=1S/C27H23N3O5/c1-2-34-26-16-20(9-12-25(26)35-18-19-7-10-23(11-8-19)30(32)33)15-22(17-28)27(31)29-14-13-21-5-3-4-6-24(21)29/h3-12,15-16H,2,13-14,18H2,1H3. The normalized spacial score (nSPS) is 12.6. The maximum absolute atomic E-state index is 13.1. The Balaban J connectivity index is 1.52. The van der Waals surface area contributed by atoms with Crippen LogP contribution >= 0.6 is 0 Å². The summed E-state index contributed by atoms with van der Waals surface area (Å²) in [5.41, 5.74) is 3.37. The van der Waals surface area contributed by atoms with Crippen molar-refractivity contribution in [2.24, 2.45) is 0 Å². The van der Waals surface area contributed by atoms with Gasteiger partial charge < -0.3 is 14.4 Å². The third kappa shape index (κ3) is 5.31. The molecule has 0 bridgehead atoms. The van der Waals surface area contributed by atoms with E-state index in [1.165, 1.54) is 12.1 Å². The molecular formula is C27H23N3O5. The largest absolute Gasteiger partial charge is 0.490 e. The number of nitriles is 1. The molecule has 0 unspecified atom stereocenters. The van der Waals surface area contributed by atoms with Gasteiger partial charge in [-0.1, -0.05) is 24.3 Å². The van der Waals surface area contributed by atoms with Crippen LogP contribution in [0.25, 0.3) is 6.08 Å². The summed E-state index contributed by atoms with van der Waals surface area (Å²) in [4.78, 5) is 25.1. The van der Waals surface area contributed by atoms with Gasteiger partial charge in [-0.3, -0.25) is 14.9 Å². The summed E-state index contributed by atoms with van der Waals surface area (Å²) in [6, 6.07) is 21.0. The van der Waals surface area contributed by atoms with Gasteiger partial charge in [-0.2, -0.15) is 5.26 Å². The highest BCUT2D eigenvalue weighted by molar-refractivity contribution is 6.12. The summed E-state index contributed by atoms with van der Waals surface area (Å²) in [7, 11) is 0. The zero-order chi connectivity index (χ0) is 24.8. The molecule has 1 heterocycles. The number of para-hydroxylation sites is 1. The predicted molar refractivity (Wildman–Crippen MR) is 131 cm³/mol. The fraction of sp³-hybridized carbons (Fsp3) is 0.185. The van der Waals surface area contributed by atoms with Crippen LogP contribution in [0, 0.1) is 21.4 Å². The van der Waals surface area contributed by atoms with Crippen LogP contribution < -0.4 is 14.4 Å². The molecule has 35 heavy (non-hydrogen) atoms. The molecular weight excluding hydrogens is 446 g/mol. The van der Waals surface area contributed by atoms with Crippen molar-refractivity contribution in [3.8, 4) is 17.6 Å². The molecule has 0 fully saturated rings. The van der Waals surface area contributed by atoms with Gasteiger partial charge in [0.2, 0.25) is 0 Å². The molecule has 0 N–H and O–H groups in total. The number of rotatable bonds is 8. The van der Waals surface area contributed by atoms with Crippen molar-refractivity contribution < 1.29 is 19.2 Å². The summed E-state index contributed by atoms with van der Waals surface area (Å²) in [5.74, 6) is 0.619. The van der Waals surface area contributed by atoms with Crippen LogP contribution in [0.2, 0.25) is 0 Å². The smallest absolute Gasteiger partial charge is 0.269 e. The monoisotopic (exact) mass is 469 g/mol. The van der Waals surface area contributed by atoms with Crippen LogP contribution in [0.5, 0.6) is 11.5 Å². The highest BCUT2D eigenvalue weighted by atomic mass is 16.6. The van der Waals surface area contributed by atoms with Crippen molar-refractivity contribution in [1.29, 1.82) is 5.26 Å². The number of carbonyl (C=O) groups is 1. The molecule has 0 saturated heterocycles. The van der Waals surface area contributed by atoms with E-state index in [9.17, 15) is 20.2 Å². The number of hydrogen-bond acceptors (Lipinski definition) is 6. The van der Waals surface area contributed by atoms with Crippen molar-refractivity contribution in [2.45, 2.75) is 20.0 Å². The first-order valence-electron chi connectivity index (χ1n) is 11.1. The van der Waals surface area contributed by atoms with Gasteiger partial charge in [-0.25, -0.2) is 0 Å². The molecule has 0 radical (unpaired) electrons. The van der Waals surface area contributed by atoms with Gasteiger partial charge in [-0.05, 0) is 66.4 Å². The lowest BCUT2D eigenvalue weighted by Gasteiger charge is -2.17. The molecule has 0 spiro atoms. The molecule has 3 aromatic carbocycles. The second-order valence-corrected chi connectivity index (χ2v) is 7.86. The van der Waals surface area contributed by atoms with E-state index in [0.29, 0.717) is 30.2 Å². The molecule has 3 aromatic rings. The average molecular weight is 469 g/mol. The van der Waals surface area contributed by atoms with Gasteiger partial charge in [0.05, 0.1) is 11.5 Å². The van der Waals surface area contributed by atoms with Crippen LogP contribution in [-0.2, 0) is 17.8 Å². The average Bonchev–Trinajstić information content (AvgIpc) is 3.31. The van der Waals surface area contributed by atoms with Crippen LogP contribution in [0.15, 0.2) is 72.3 Å². The van der Waals surface area contributed by atoms with Crippen molar-refractivity contribution in [1.82, 2.24) is 0 Å². The molecule has 4 rings (SSSR count). The molecule has 1 aliphatic heterocycles. The number of nitro groups is 1. The number of nitro benzene ring substituents is 1. The number of benzene rings is 3. The molecule has 0 aromatic heterocycles. The first-order chi connectivity index (χ1) is 17.0. The quantitative estimate of drug-likeness (QED) is 0.197. The Morgan fingerprint density at radius 2 is 1.89 bits per heavy atom. The van der Waals surface area contributed by atoms with E-state index in [1.807, 2.05) is 37.3 Å². The van der Waals surface area contributed by atoms with Gasteiger partial charge >= 0.3 is 0 Å². The molecule has 8 nitrogen and oxygen atoms in total. The summed E-state index contributed by atoms with van der Waals surface area (Å²) in [5, 5.41) is 20.5. The van der Waals surface area contributed by atoms with E-state index < -0.39 is 4.92 Å². The molecule has 0 atom stereocenters. The molecule has 1 aliphatic rings. The van der Waals surface area contributed by atoms with Crippen LogP contribution in [0.3, 0.4) is 0 Å². The van der Waals surface area contributed by atoms with Gasteiger partial charge in [-0.15, -0.1) is 0 Å². The second-order valence-electron chi connectivity index (χ2n) is 7.86. The van der Waals surface area contributed by atoms with Crippen LogP contribution in [-0.4, -0.2) is 24.0 Å². The highest BCUT2D eigenvalue weighted by Gasteiger charge is 2.26. The minimum absolute atomic E-state index is 0.0140. The van der Waals surface area contributed by atoms with E-state index in [1.54, 1.807) is 41.3 Å². The van der Waals surface area contributed by atoms with Crippen molar-refractivity contribution in [3.63, 3.8) is 0 Å². The van der Waals surface area contributed by atoms with Gasteiger partial charge in [0.25, 0.3) is 11.6 Å². The van der Waals surface area contributed by atoms with Crippen molar-refractivity contribution >= 4 is 23.4 Å². The summed E-state index contributed by atoms with van der Waals surface area (Å²) < 4.78 is 11.6. The third-order valence-corrected chi connectivity index (χ3v) is 5.60. The van der Waals surface area contributed by atoms with Gasteiger partial charge in [0.15, 0.2) is 11.5 Å². The Morgan fingerprint density at radius 3 is 2.60 bits per heavy atom. The summed E-state index contributed by atoms with van der Waals surface area (Å²) in [6.07, 6.45) is 2.31. The zero-order valence-corrected chi connectivity index (χ0v) is 19.1. The van der Waals surface area contributed by atoms with Crippen molar-refractivity contribution in [3.05, 3.63) is 99.1 Å².